The van der Waals surface area contributed by atoms with Crippen molar-refractivity contribution >= 4 is 0 Å². The summed E-state index contributed by atoms with van der Waals surface area (Å²) in [4.78, 5) is 0. The Bertz CT molecular complexity index is 255. The molecule has 3 atom stereocenters. The number of hydrogen-bond acceptors (Lipinski definition) is 2. The molecule has 0 bridgehead atoms. The van der Waals surface area contributed by atoms with Crippen molar-refractivity contribution in [1.82, 2.24) is 0 Å². The highest BCUT2D eigenvalue weighted by molar-refractivity contribution is 4.99. The highest BCUT2D eigenvalue weighted by Crippen LogP contribution is 2.41. The molecule has 1 aliphatic heterocycles. The minimum atomic E-state index is -0.488. The molecule has 1 fully saturated rings. The van der Waals surface area contributed by atoms with Gasteiger partial charge in [-0.3, -0.25) is 0 Å². The average Bonchev–Trinajstić information content (AvgIpc) is 2.20. The lowest BCUT2D eigenvalue weighted by Crippen LogP contribution is -2.54. The van der Waals surface area contributed by atoms with Crippen LogP contribution < -0.4 is 0 Å². The van der Waals surface area contributed by atoms with Crippen LogP contribution in [0.25, 0.3) is 0 Å². The highest BCUT2D eigenvalue weighted by Gasteiger charge is 2.45. The molecule has 1 aliphatic rings. The Kier molecular flexibility index (Phi) is 3.86. The maximum atomic E-state index is 6.08. The Morgan fingerprint density at radius 3 is 2.31 bits per heavy atom. The second-order valence-corrected chi connectivity index (χ2v) is 5.89. The summed E-state index contributed by atoms with van der Waals surface area (Å²) in [5, 5.41) is 0. The van der Waals surface area contributed by atoms with E-state index in [0.29, 0.717) is 5.92 Å². The van der Waals surface area contributed by atoms with E-state index < -0.39 is 5.79 Å². The second-order valence-electron chi connectivity index (χ2n) is 5.89. The van der Waals surface area contributed by atoms with Crippen LogP contribution in [0.2, 0.25) is 0 Å². The zero-order valence-corrected chi connectivity index (χ0v) is 11.5. The van der Waals surface area contributed by atoms with Gasteiger partial charge in [0.2, 0.25) is 0 Å². The van der Waals surface area contributed by atoms with Crippen molar-refractivity contribution in [3.05, 3.63) is 12.7 Å². The van der Waals surface area contributed by atoms with Gasteiger partial charge in [0.05, 0.1) is 12.2 Å². The lowest BCUT2D eigenvalue weighted by molar-refractivity contribution is -0.332. The highest BCUT2D eigenvalue weighted by atomic mass is 16.7. The molecule has 0 aromatic rings. The van der Waals surface area contributed by atoms with Crippen molar-refractivity contribution in [3.8, 4) is 0 Å². The van der Waals surface area contributed by atoms with Crippen molar-refractivity contribution < 1.29 is 9.47 Å². The van der Waals surface area contributed by atoms with Crippen LogP contribution in [0.4, 0.5) is 0 Å². The molecular weight excluding hydrogens is 200 g/mol. The summed E-state index contributed by atoms with van der Waals surface area (Å²) in [7, 11) is 0. The molecule has 0 aliphatic carbocycles. The van der Waals surface area contributed by atoms with Crippen molar-refractivity contribution in [2.75, 3.05) is 0 Å². The molecule has 94 valence electrons. The third kappa shape index (κ3) is 2.67. The van der Waals surface area contributed by atoms with E-state index in [2.05, 4.69) is 34.3 Å². The van der Waals surface area contributed by atoms with E-state index in [-0.39, 0.29) is 17.6 Å². The number of rotatable bonds is 3. The fraction of sp³-hybridized carbons (Fsp3) is 0.857. The summed E-state index contributed by atoms with van der Waals surface area (Å²) < 4.78 is 12.0. The van der Waals surface area contributed by atoms with Gasteiger partial charge in [-0.1, -0.05) is 33.8 Å². The van der Waals surface area contributed by atoms with E-state index in [1.54, 1.807) is 0 Å². The molecule has 0 aromatic heterocycles. The van der Waals surface area contributed by atoms with Crippen LogP contribution in [0, 0.1) is 11.3 Å². The van der Waals surface area contributed by atoms with Gasteiger partial charge in [-0.2, -0.15) is 0 Å². The van der Waals surface area contributed by atoms with Gasteiger partial charge in [0.25, 0.3) is 0 Å². The zero-order valence-electron chi connectivity index (χ0n) is 11.5. The molecule has 0 N–H and O–H groups in total. The summed E-state index contributed by atoms with van der Waals surface area (Å²) in [6, 6.07) is 0. The van der Waals surface area contributed by atoms with Crippen molar-refractivity contribution in [2.24, 2.45) is 11.3 Å². The smallest absolute Gasteiger partial charge is 0.163 e. The van der Waals surface area contributed by atoms with Crippen LogP contribution in [0.1, 0.15) is 48.0 Å². The van der Waals surface area contributed by atoms with Gasteiger partial charge in [0.1, 0.15) is 0 Å². The van der Waals surface area contributed by atoms with Crippen molar-refractivity contribution in [2.45, 2.75) is 66.0 Å². The van der Waals surface area contributed by atoms with Gasteiger partial charge in [-0.05, 0) is 20.3 Å². The Morgan fingerprint density at radius 1 is 1.31 bits per heavy atom. The molecule has 0 unspecified atom stereocenters. The molecule has 2 nitrogen and oxygen atoms in total. The number of hydrogen-bond donors (Lipinski definition) is 0. The van der Waals surface area contributed by atoms with E-state index in [4.69, 9.17) is 9.47 Å². The predicted molar refractivity (Wildman–Crippen MR) is 67.3 cm³/mol. The Morgan fingerprint density at radius 2 is 1.88 bits per heavy atom. The van der Waals surface area contributed by atoms with Crippen LogP contribution >= 0.6 is 0 Å². The molecule has 2 heteroatoms. The summed E-state index contributed by atoms with van der Waals surface area (Å²) in [5.41, 5.74) is -0.0200. The average molecular weight is 226 g/mol. The molecule has 0 spiro atoms. The zero-order chi connectivity index (χ0) is 12.6. The van der Waals surface area contributed by atoms with Gasteiger partial charge in [0, 0.05) is 11.3 Å². The molecule has 0 radical (unpaired) electrons. The molecule has 0 aromatic carbocycles. The molecule has 1 rings (SSSR count). The minimum Gasteiger partial charge on any atom is -0.347 e. The Labute approximate surface area is 100 Å². The van der Waals surface area contributed by atoms with Crippen LogP contribution in [0.15, 0.2) is 12.7 Å². The van der Waals surface area contributed by atoms with Gasteiger partial charge in [-0.25, -0.2) is 0 Å². The van der Waals surface area contributed by atoms with E-state index in [1.807, 2.05) is 19.9 Å². The first kappa shape index (κ1) is 13.7. The van der Waals surface area contributed by atoms with Crippen LogP contribution in [0.3, 0.4) is 0 Å². The van der Waals surface area contributed by atoms with Crippen molar-refractivity contribution in [1.29, 1.82) is 0 Å². The lowest BCUT2D eigenvalue weighted by Gasteiger charge is -2.49. The topological polar surface area (TPSA) is 18.5 Å². The number of ether oxygens (including phenoxy) is 2. The normalized spacial score (nSPS) is 34.8. The Balaban J connectivity index is 2.95. The largest absolute Gasteiger partial charge is 0.347 e. The summed E-state index contributed by atoms with van der Waals surface area (Å²) in [6.07, 6.45) is 3.45. The standard InChI is InChI=1S/C14H26O2/c1-8-11-10(3)12(13(4,5)9-2)16-14(6,7)15-11/h9-12H,2,8H2,1,3-7H3/t10-,11-,12-/m0/s1. The second kappa shape index (κ2) is 4.50. The third-order valence-corrected chi connectivity index (χ3v) is 3.57. The monoisotopic (exact) mass is 226 g/mol. The van der Waals surface area contributed by atoms with Crippen LogP contribution in [-0.4, -0.2) is 18.0 Å². The SMILES string of the molecule is C=CC(C)(C)[C@H]1OC(C)(C)O[C@@H](CC)[C@@H]1C. The third-order valence-electron chi connectivity index (χ3n) is 3.57. The van der Waals surface area contributed by atoms with Crippen molar-refractivity contribution in [3.63, 3.8) is 0 Å². The van der Waals surface area contributed by atoms with Crippen LogP contribution in [0.5, 0.6) is 0 Å². The van der Waals surface area contributed by atoms with E-state index in [1.165, 1.54) is 0 Å². The first-order valence-corrected chi connectivity index (χ1v) is 6.22. The van der Waals surface area contributed by atoms with E-state index in [9.17, 15) is 0 Å². The van der Waals surface area contributed by atoms with E-state index >= 15 is 0 Å². The predicted octanol–water partition coefficient (Wildman–Crippen LogP) is 3.76. The van der Waals surface area contributed by atoms with E-state index in [0.717, 1.165) is 6.42 Å². The maximum absolute atomic E-state index is 6.08. The summed E-state index contributed by atoms with van der Waals surface area (Å²) in [5.74, 6) is -0.0935. The fourth-order valence-electron chi connectivity index (χ4n) is 2.51. The molecule has 1 saturated heterocycles. The quantitative estimate of drug-likeness (QED) is 0.682. The molecule has 0 saturated carbocycles. The van der Waals surface area contributed by atoms with Gasteiger partial charge < -0.3 is 9.47 Å². The molecular formula is C14H26O2. The lowest BCUT2D eigenvalue weighted by atomic mass is 9.76. The van der Waals surface area contributed by atoms with Gasteiger partial charge >= 0.3 is 0 Å². The summed E-state index contributed by atoms with van der Waals surface area (Å²) >= 11 is 0. The fourth-order valence-corrected chi connectivity index (χ4v) is 2.51. The maximum Gasteiger partial charge on any atom is 0.163 e. The van der Waals surface area contributed by atoms with Crippen LogP contribution in [-0.2, 0) is 9.47 Å². The summed E-state index contributed by atoms with van der Waals surface area (Å²) in [6.45, 7) is 16.6. The minimum absolute atomic E-state index is 0.0200. The van der Waals surface area contributed by atoms with Gasteiger partial charge in [0.15, 0.2) is 5.79 Å². The first-order valence-electron chi connectivity index (χ1n) is 6.22. The molecule has 0 amide bonds. The molecule has 16 heavy (non-hydrogen) atoms. The Hall–Kier alpha value is -0.340. The van der Waals surface area contributed by atoms with Gasteiger partial charge in [-0.15, -0.1) is 6.58 Å². The first-order chi connectivity index (χ1) is 7.23. The molecule has 1 heterocycles.